The zero-order valence-electron chi connectivity index (χ0n) is 11.8. The molecule has 2 heterocycles. The summed E-state index contributed by atoms with van der Waals surface area (Å²) in [5.41, 5.74) is 2.68. The molecule has 104 valence electrons. The molecular formula is C17H19NOS. The minimum atomic E-state index is 0.316. The molecule has 1 N–H and O–H groups in total. The van der Waals surface area contributed by atoms with E-state index in [-0.39, 0.29) is 0 Å². The topological polar surface area (TPSA) is 25.2 Å². The van der Waals surface area contributed by atoms with Gasteiger partial charge in [-0.25, -0.2) is 0 Å². The van der Waals surface area contributed by atoms with Crippen molar-refractivity contribution in [3.8, 4) is 0 Å². The number of fused-ring (bicyclic) bond motifs is 1. The summed E-state index contributed by atoms with van der Waals surface area (Å²) in [5.74, 6) is 1.01. The number of likely N-dealkylation sites (N-methyl/N-ethyl adjacent to an activating group) is 1. The van der Waals surface area contributed by atoms with E-state index in [4.69, 9.17) is 4.42 Å². The second-order valence-corrected chi connectivity index (χ2v) is 5.91. The van der Waals surface area contributed by atoms with Gasteiger partial charge >= 0.3 is 0 Å². The van der Waals surface area contributed by atoms with E-state index in [1.807, 2.05) is 18.3 Å². The first-order valence-electron chi connectivity index (χ1n) is 7.02. The third-order valence-electron chi connectivity index (χ3n) is 3.71. The lowest BCUT2D eigenvalue weighted by molar-refractivity contribution is 0.502. The highest BCUT2D eigenvalue weighted by Gasteiger charge is 2.17. The molecule has 0 saturated carbocycles. The van der Waals surface area contributed by atoms with Crippen molar-refractivity contribution in [2.75, 3.05) is 6.54 Å². The van der Waals surface area contributed by atoms with Gasteiger partial charge < -0.3 is 9.73 Å². The maximum atomic E-state index is 5.46. The Labute approximate surface area is 123 Å². The van der Waals surface area contributed by atoms with Gasteiger partial charge in [-0.3, -0.25) is 0 Å². The predicted molar refractivity (Wildman–Crippen MR) is 85.4 cm³/mol. The van der Waals surface area contributed by atoms with Crippen molar-refractivity contribution in [2.24, 2.45) is 0 Å². The van der Waals surface area contributed by atoms with Crippen LogP contribution in [0.25, 0.3) is 10.1 Å². The first kappa shape index (κ1) is 13.4. The molecule has 0 aliphatic heterocycles. The Bertz CT molecular complexity index is 698. The summed E-state index contributed by atoms with van der Waals surface area (Å²) >= 11 is 1.82. The van der Waals surface area contributed by atoms with Crippen LogP contribution in [-0.4, -0.2) is 6.54 Å². The summed E-state index contributed by atoms with van der Waals surface area (Å²) in [6, 6.07) is 11.0. The van der Waals surface area contributed by atoms with E-state index in [1.165, 1.54) is 21.2 Å². The van der Waals surface area contributed by atoms with E-state index in [2.05, 4.69) is 48.0 Å². The third-order valence-corrected chi connectivity index (χ3v) is 4.72. The van der Waals surface area contributed by atoms with Crippen LogP contribution in [0.4, 0.5) is 0 Å². The van der Waals surface area contributed by atoms with Gasteiger partial charge in [0.1, 0.15) is 5.76 Å². The lowest BCUT2D eigenvalue weighted by Crippen LogP contribution is -2.23. The first-order valence-corrected chi connectivity index (χ1v) is 7.90. The summed E-state index contributed by atoms with van der Waals surface area (Å²) in [6.45, 7) is 5.14. The SMILES string of the molecule is CCNC(Cc1csc2ccccc12)c1ccoc1C. The largest absolute Gasteiger partial charge is 0.469 e. The fraction of sp³-hybridized carbons (Fsp3) is 0.294. The van der Waals surface area contributed by atoms with Gasteiger partial charge in [0, 0.05) is 16.3 Å². The van der Waals surface area contributed by atoms with Crippen LogP contribution in [0.1, 0.15) is 29.9 Å². The van der Waals surface area contributed by atoms with Crippen molar-refractivity contribution < 1.29 is 4.42 Å². The molecule has 3 aromatic rings. The molecule has 0 radical (unpaired) electrons. The van der Waals surface area contributed by atoms with Crippen molar-refractivity contribution in [2.45, 2.75) is 26.3 Å². The number of rotatable bonds is 5. The Kier molecular flexibility index (Phi) is 3.90. The van der Waals surface area contributed by atoms with Crippen LogP contribution in [0.3, 0.4) is 0 Å². The van der Waals surface area contributed by atoms with Crippen LogP contribution < -0.4 is 5.32 Å². The summed E-state index contributed by atoms with van der Waals surface area (Å²) < 4.78 is 6.82. The zero-order chi connectivity index (χ0) is 13.9. The molecule has 0 fully saturated rings. The maximum Gasteiger partial charge on any atom is 0.105 e. The van der Waals surface area contributed by atoms with Crippen molar-refractivity contribution in [1.29, 1.82) is 0 Å². The van der Waals surface area contributed by atoms with Crippen molar-refractivity contribution >= 4 is 21.4 Å². The second-order valence-electron chi connectivity index (χ2n) is 5.00. The normalized spacial score (nSPS) is 12.9. The quantitative estimate of drug-likeness (QED) is 0.735. The second kappa shape index (κ2) is 5.81. The molecule has 0 aliphatic carbocycles. The van der Waals surface area contributed by atoms with E-state index in [0.717, 1.165) is 18.7 Å². The minimum Gasteiger partial charge on any atom is -0.469 e. The number of furan rings is 1. The lowest BCUT2D eigenvalue weighted by Gasteiger charge is -2.17. The van der Waals surface area contributed by atoms with Crippen molar-refractivity contribution in [3.63, 3.8) is 0 Å². The average Bonchev–Trinajstić information content (AvgIpc) is 3.05. The number of thiophene rings is 1. The van der Waals surface area contributed by atoms with Gasteiger partial charge in [0.25, 0.3) is 0 Å². The molecule has 0 bridgehead atoms. The van der Waals surface area contributed by atoms with E-state index in [0.29, 0.717) is 6.04 Å². The van der Waals surface area contributed by atoms with Gasteiger partial charge in [0.15, 0.2) is 0 Å². The average molecular weight is 285 g/mol. The molecule has 0 spiro atoms. The monoisotopic (exact) mass is 285 g/mol. The number of hydrogen-bond donors (Lipinski definition) is 1. The highest BCUT2D eigenvalue weighted by atomic mass is 32.1. The highest BCUT2D eigenvalue weighted by molar-refractivity contribution is 7.17. The van der Waals surface area contributed by atoms with Crippen LogP contribution in [0.2, 0.25) is 0 Å². The first-order chi connectivity index (χ1) is 9.79. The Hall–Kier alpha value is -1.58. The van der Waals surface area contributed by atoms with E-state index in [1.54, 1.807) is 6.26 Å². The molecule has 1 atom stereocenters. The van der Waals surface area contributed by atoms with Gasteiger partial charge in [0.2, 0.25) is 0 Å². The molecule has 2 nitrogen and oxygen atoms in total. The maximum absolute atomic E-state index is 5.46. The van der Waals surface area contributed by atoms with Gasteiger partial charge in [-0.1, -0.05) is 25.1 Å². The van der Waals surface area contributed by atoms with Gasteiger partial charge in [-0.15, -0.1) is 11.3 Å². The molecule has 0 saturated heterocycles. The van der Waals surface area contributed by atoms with Crippen LogP contribution in [0.5, 0.6) is 0 Å². The van der Waals surface area contributed by atoms with Crippen LogP contribution in [0.15, 0.2) is 46.4 Å². The molecule has 0 aliphatic rings. The van der Waals surface area contributed by atoms with Crippen LogP contribution in [-0.2, 0) is 6.42 Å². The van der Waals surface area contributed by atoms with Gasteiger partial charge in [0.05, 0.1) is 6.26 Å². The minimum absolute atomic E-state index is 0.316. The molecule has 1 aromatic carbocycles. The molecule has 0 amide bonds. The highest BCUT2D eigenvalue weighted by Crippen LogP contribution is 2.30. The van der Waals surface area contributed by atoms with E-state index < -0.39 is 0 Å². The van der Waals surface area contributed by atoms with Gasteiger partial charge in [-0.05, 0) is 48.4 Å². The summed E-state index contributed by atoms with van der Waals surface area (Å²) in [4.78, 5) is 0. The molecule has 2 aromatic heterocycles. The molecule has 3 rings (SSSR count). The number of benzene rings is 1. The number of hydrogen-bond acceptors (Lipinski definition) is 3. The van der Waals surface area contributed by atoms with Crippen LogP contribution >= 0.6 is 11.3 Å². The van der Waals surface area contributed by atoms with Gasteiger partial charge in [-0.2, -0.15) is 0 Å². The zero-order valence-corrected chi connectivity index (χ0v) is 12.7. The summed E-state index contributed by atoms with van der Waals surface area (Å²) in [5, 5.41) is 7.23. The van der Waals surface area contributed by atoms with Crippen LogP contribution in [0, 0.1) is 6.92 Å². The predicted octanol–water partition coefficient (Wildman–Crippen LogP) is 4.70. The third kappa shape index (κ3) is 2.51. The lowest BCUT2D eigenvalue weighted by atomic mass is 9.99. The fourth-order valence-corrected chi connectivity index (χ4v) is 3.68. The summed E-state index contributed by atoms with van der Waals surface area (Å²) in [6.07, 6.45) is 2.78. The fourth-order valence-electron chi connectivity index (χ4n) is 2.71. The molecular weight excluding hydrogens is 266 g/mol. The number of nitrogens with one attached hydrogen (secondary N) is 1. The molecule has 3 heteroatoms. The number of aryl methyl sites for hydroxylation is 1. The van der Waals surface area contributed by atoms with Crippen molar-refractivity contribution in [3.05, 3.63) is 58.9 Å². The smallest absolute Gasteiger partial charge is 0.105 e. The standard InChI is InChI=1S/C17H19NOS/c1-3-18-16(14-8-9-19-12(14)2)10-13-11-20-17-7-5-4-6-15(13)17/h4-9,11,16,18H,3,10H2,1-2H3. The Morgan fingerprint density at radius 3 is 2.85 bits per heavy atom. The van der Waals surface area contributed by atoms with E-state index in [9.17, 15) is 0 Å². The Morgan fingerprint density at radius 2 is 2.10 bits per heavy atom. The molecule has 20 heavy (non-hydrogen) atoms. The van der Waals surface area contributed by atoms with Crippen molar-refractivity contribution in [1.82, 2.24) is 5.32 Å². The Balaban J connectivity index is 1.92. The Morgan fingerprint density at radius 1 is 1.25 bits per heavy atom. The summed E-state index contributed by atoms with van der Waals surface area (Å²) in [7, 11) is 0. The molecule has 1 unspecified atom stereocenters. The van der Waals surface area contributed by atoms with E-state index >= 15 is 0 Å².